The van der Waals surface area contributed by atoms with E-state index in [0.29, 0.717) is 23.0 Å². The molecule has 2 aliphatic rings. The van der Waals surface area contributed by atoms with Gasteiger partial charge in [0, 0.05) is 146 Å². The van der Waals surface area contributed by atoms with Crippen LogP contribution in [0.1, 0.15) is 121 Å². The molecule has 105 heavy (non-hydrogen) atoms. The molecule has 2 saturated heterocycles. The Morgan fingerprint density at radius 2 is 1.13 bits per heavy atom. The number of methoxy groups -OCH3 is 2. The largest absolute Gasteiger partial charge is 0.416 e. The minimum atomic E-state index is -5.54. The molecule has 550 valence electrons. The van der Waals surface area contributed by atoms with Crippen LogP contribution in [-0.2, 0) is 69.1 Å². The first kappa shape index (κ1) is 40.1. The number of aromatic nitrogens is 2. The summed E-state index contributed by atoms with van der Waals surface area (Å²) < 4.78 is 508. The molecule has 0 radical (unpaired) electrons. The lowest BCUT2D eigenvalue weighted by Crippen LogP contribution is -2.48. The van der Waals surface area contributed by atoms with Gasteiger partial charge in [-0.2, -0.15) is 26.3 Å². The van der Waals surface area contributed by atoms with E-state index in [2.05, 4.69) is 9.47 Å². The molecule has 2 aliphatic heterocycles. The summed E-state index contributed by atoms with van der Waals surface area (Å²) in [5.74, 6) is -11.4. The van der Waals surface area contributed by atoms with E-state index in [4.69, 9.17) is 39.8 Å². The predicted molar refractivity (Wildman–Crippen MR) is 391 cm³/mol. The molecule has 0 aliphatic carbocycles. The summed E-state index contributed by atoms with van der Waals surface area (Å²) in [4.78, 5) is 57.4. The van der Waals surface area contributed by atoms with Crippen LogP contribution in [0.5, 0.6) is 0 Å². The summed E-state index contributed by atoms with van der Waals surface area (Å²) in [6.07, 6.45) is -27.2. The molecule has 0 atom stereocenters. The molecule has 0 bridgehead atoms. The zero-order valence-electron chi connectivity index (χ0n) is 94.8. The monoisotopic (exact) mass is 1530 g/mol. The lowest BCUT2D eigenvalue weighted by atomic mass is 9.97. The van der Waals surface area contributed by atoms with Crippen molar-refractivity contribution in [2.45, 2.75) is 104 Å². The van der Waals surface area contributed by atoms with Crippen LogP contribution in [0.4, 0.5) is 43.9 Å². The number of carbonyl (C=O) groups is 2. The number of benzene rings is 8. The Bertz CT molecular complexity index is 6860. The number of amides is 2. The number of likely N-dealkylation sites (tertiary alicyclic amines) is 2. The number of rotatable bonds is 24. The van der Waals surface area contributed by atoms with Gasteiger partial charge in [-0.05, 0) is 132 Å². The van der Waals surface area contributed by atoms with Gasteiger partial charge in [0.2, 0.25) is 11.8 Å². The molecule has 12 nitrogen and oxygen atoms in total. The van der Waals surface area contributed by atoms with Gasteiger partial charge in [0.1, 0.15) is 13.1 Å². The lowest BCUT2D eigenvalue weighted by Gasteiger charge is -2.39. The molecule has 0 unspecified atom stereocenters. The number of pyridine rings is 2. The fourth-order valence-corrected chi connectivity index (χ4v) is 11.9. The average Bonchev–Trinajstić information content (AvgIpc) is 0.664. The second-order valence-corrected chi connectivity index (χ2v) is 24.0. The van der Waals surface area contributed by atoms with Crippen molar-refractivity contribution < 1.29 is 119 Å². The highest BCUT2D eigenvalue weighted by molar-refractivity contribution is 7.98. The van der Waals surface area contributed by atoms with E-state index in [9.17, 15) is 65.6 Å². The lowest BCUT2D eigenvalue weighted by molar-refractivity contribution is -0.138. The highest BCUT2D eigenvalue weighted by Gasteiger charge is 2.34. The summed E-state index contributed by atoms with van der Waals surface area (Å²) in [5, 5.41) is -2.22. The van der Waals surface area contributed by atoms with Gasteiger partial charge < -0.3 is 38.2 Å². The molecule has 12 rings (SSSR count). The van der Waals surface area contributed by atoms with Crippen molar-refractivity contribution in [3.05, 3.63) is 270 Å². The van der Waals surface area contributed by atoms with E-state index in [-0.39, 0.29) is 58.9 Å². The fourth-order valence-electron chi connectivity index (χ4n) is 9.88. The average molecular weight is 1530 g/mol. The van der Waals surface area contributed by atoms with Crippen LogP contribution in [0.3, 0.4) is 0 Å². The standard InChI is InChI=1S/C41H40F5N3O3S.C40H38F5N3O3S/c1-27-22-29(28-12-14-32(15-13-28)41(44,45)46)10-11-30(27)24-48(33-16-18-47(19-17-33)20-21-52-2)38(51)25-49-36-9-4-3-7-34(36)37(50)23-39(49)53-26-31-6-5-8-35(42)40(31)43;1-51-22-21-46-19-17-32(18-20-46)47(24-27-9-11-28(12-10-27)29-13-15-31(16-14-29)40(43,44)45)37(50)25-48-35-8-3-2-6-33(35)36(49)23-38(48)52-26-30-5-4-7-34(41)39(30)42/h3-15,22-23,33H,16-21,24-26H2,1-2H3;2-16,23,32H,17-22,24-26H2,1H3/i2D3,3D,4D,5D,6D,7D,8D,9D,10D,11D,12D,13D,14D,15D,16D2,17D2,18D2,19D2,22D,23D,24D2,33D;1D3,17D2,18D2,19D2,20D2,32D. The zero-order chi connectivity index (χ0) is 111. The first-order chi connectivity index (χ1) is 66.6. The Morgan fingerprint density at radius 3 is 1.78 bits per heavy atom. The normalized spacial score (nSPS) is 24.7. The van der Waals surface area contributed by atoms with Gasteiger partial charge >= 0.3 is 12.4 Å². The first-order valence-corrected chi connectivity index (χ1v) is 32.4. The topological polar surface area (TPSA) is 110 Å². The minimum Gasteiger partial charge on any atom is -0.383 e. The van der Waals surface area contributed by atoms with Crippen molar-refractivity contribution in [2.24, 2.45) is 0 Å². The molecule has 2 amide bonds. The molecule has 2 fully saturated rings. The van der Waals surface area contributed by atoms with Crippen molar-refractivity contribution in [3.8, 4) is 22.3 Å². The van der Waals surface area contributed by atoms with Gasteiger partial charge in [-0.15, -0.1) is 23.5 Å². The van der Waals surface area contributed by atoms with Crippen LogP contribution >= 0.6 is 23.5 Å². The van der Waals surface area contributed by atoms with Gasteiger partial charge in [-0.3, -0.25) is 19.2 Å². The van der Waals surface area contributed by atoms with Gasteiger partial charge in [-0.25, -0.2) is 17.6 Å². The Morgan fingerprint density at radius 1 is 0.562 bits per heavy atom. The second kappa shape index (κ2) is 34.9. The van der Waals surface area contributed by atoms with Crippen molar-refractivity contribution in [2.75, 3.05) is 66.4 Å². The molecule has 2 aromatic heterocycles. The molecule has 10 aromatic rings. The number of carbonyl (C=O) groups excluding carboxylic acids is 2. The van der Waals surface area contributed by atoms with E-state index in [0.717, 1.165) is 36.0 Å². The van der Waals surface area contributed by atoms with Gasteiger partial charge in [0.15, 0.2) is 34.1 Å². The maximum absolute atomic E-state index is 15.8. The number of alkyl halides is 6. The molecule has 8 aromatic carbocycles. The number of fused-ring (bicyclic) bond motifs is 2. The maximum Gasteiger partial charge on any atom is 0.416 e. The Balaban J connectivity index is 0.000000286. The number of halogens is 10. The van der Waals surface area contributed by atoms with Crippen molar-refractivity contribution in [1.82, 2.24) is 28.7 Å². The van der Waals surface area contributed by atoms with E-state index < -0.39 is 344 Å². The summed E-state index contributed by atoms with van der Waals surface area (Å²) in [5.41, 5.74) is -11.9. The highest BCUT2D eigenvalue weighted by Crippen LogP contribution is 2.36. The molecule has 24 heteroatoms. The fraction of sp³-hybridized carbons (Fsp3) is 0.309. The Labute approximate surface area is 667 Å². The van der Waals surface area contributed by atoms with E-state index in [1.54, 1.807) is 0 Å². The smallest absolute Gasteiger partial charge is 0.383 e. The summed E-state index contributed by atoms with van der Waals surface area (Å²) in [7, 11) is -6.35. The van der Waals surface area contributed by atoms with Crippen LogP contribution < -0.4 is 10.9 Å². The molecular formula is C81H78F10N6O6S2. The Hall–Kier alpha value is -9.04. The first-order valence-electron chi connectivity index (χ1n) is 51.0. The van der Waals surface area contributed by atoms with Crippen LogP contribution in [0.25, 0.3) is 44.1 Å². The minimum absolute atomic E-state index is 0.0126. The predicted octanol–water partition coefficient (Wildman–Crippen LogP) is 17.1. The third kappa shape index (κ3) is 19.3. The molecule has 0 saturated carbocycles. The third-order valence-electron chi connectivity index (χ3n) is 15.1. The van der Waals surface area contributed by atoms with Gasteiger partial charge in [0.05, 0.1) is 79.7 Å². The highest BCUT2D eigenvalue weighted by atomic mass is 32.2. The number of hydrogen-bond donors (Lipinski definition) is 0. The summed E-state index contributed by atoms with van der Waals surface area (Å²) >= 11 is 0.766. The van der Waals surface area contributed by atoms with E-state index in [1.165, 1.54) is 77.4 Å². The molecule has 0 N–H and O–H groups in total. The van der Waals surface area contributed by atoms with Crippen LogP contribution in [0.2, 0.25) is 0 Å². The summed E-state index contributed by atoms with van der Waals surface area (Å²) in [6, 6.07) is -10.1. The molecular weight excluding hydrogens is 1410 g/mol. The number of hydrogen-bond acceptors (Lipinski definition) is 10. The summed E-state index contributed by atoms with van der Waals surface area (Å²) in [6.45, 7) is -28.3. The maximum atomic E-state index is 15.8. The van der Waals surface area contributed by atoms with Gasteiger partial charge in [0.25, 0.3) is 0 Å². The van der Waals surface area contributed by atoms with Crippen LogP contribution in [-0.4, -0.2) is 119 Å². The number of ether oxygens (including phenoxy) is 2. The van der Waals surface area contributed by atoms with E-state index >= 15 is 14.0 Å². The second-order valence-electron chi connectivity index (χ2n) is 22.0. The number of thioether (sulfide) groups is 2. The van der Waals surface area contributed by atoms with E-state index in [1.807, 2.05) is 0 Å². The zero-order valence-corrected chi connectivity index (χ0v) is 55.5. The third-order valence-corrected chi connectivity index (χ3v) is 17.3. The van der Waals surface area contributed by atoms with Gasteiger partial charge in [-0.1, -0.05) is 115 Å². The number of nitrogens with zero attached hydrogens (tertiary/aromatic N) is 6. The quantitative estimate of drug-likeness (QED) is 0.0428. The van der Waals surface area contributed by atoms with Crippen molar-refractivity contribution in [3.63, 3.8) is 0 Å². The Kier molecular flexibility index (Phi) is 13.3. The molecule has 0 spiro atoms. The molecule has 4 heterocycles. The number of para-hydroxylation sites is 2. The van der Waals surface area contributed by atoms with Crippen molar-refractivity contribution in [1.29, 1.82) is 0 Å². The van der Waals surface area contributed by atoms with Crippen LogP contribution in [0.15, 0.2) is 207 Å². The number of piperidine rings is 2. The van der Waals surface area contributed by atoms with Crippen molar-refractivity contribution >= 4 is 57.1 Å². The van der Waals surface area contributed by atoms with Crippen LogP contribution in [0, 0.1) is 30.2 Å². The SMILES string of the molecule is [2H]C([2H])([2H])OCCN1C([2H])([2H])C([2H])([2H])C([2H])(N(Cc2ccc(-c3ccc(C(F)(F)F)cc3)cc2)C(=O)Cn2c(SCc3cccc(F)c3F)cc(=O)c3ccccc32)C([2H])([2H])C1([2H])[2H].[2H]c1c([2H])c(F)c(F)c(CSc2c([2H])c(=O)c3c([2H])c([2H])c([2H])c([2H])c3n2CC(=O)N(C([2H])([2H])c2c([2H])c([2H])c(-c3c([2H])c([2H])c(C(F)(F)F)c([2H])c3[2H])c([2H])c2C)C2([2H])C([2H])([2H])C([2H])([2H])N(CCOC([2H])([2H])[2H])C([2H])([2H])C2([2H])[2H])c1[2H].